The van der Waals surface area contributed by atoms with E-state index in [4.69, 9.17) is 4.98 Å². The monoisotopic (exact) mass is 540 g/mol. The minimum atomic E-state index is 0.0389. The predicted molar refractivity (Wildman–Crippen MR) is 170 cm³/mol. The maximum absolute atomic E-state index is 4.74. The molecule has 4 aromatic carbocycles. The molecule has 3 heterocycles. The summed E-state index contributed by atoms with van der Waals surface area (Å²) in [6.45, 7) is 9.79. The fourth-order valence-electron chi connectivity index (χ4n) is 5.76. The number of aromatic nitrogens is 2. The molecule has 0 radical (unpaired) electrons. The Hall–Kier alpha value is -4.22. The van der Waals surface area contributed by atoms with E-state index in [-0.39, 0.29) is 5.54 Å². The molecule has 2 aromatic heterocycles. The van der Waals surface area contributed by atoms with Crippen LogP contribution >= 0.6 is 11.8 Å². The Morgan fingerprint density at radius 3 is 2.27 bits per heavy atom. The molecule has 0 saturated heterocycles. The summed E-state index contributed by atoms with van der Waals surface area (Å²) in [6, 6.07) is 37.3. The molecule has 6 aromatic rings. The summed E-state index contributed by atoms with van der Waals surface area (Å²) in [4.78, 5) is 12.1. The summed E-state index contributed by atoms with van der Waals surface area (Å²) in [5, 5.41) is 2.49. The van der Waals surface area contributed by atoms with Crippen molar-refractivity contribution < 1.29 is 0 Å². The van der Waals surface area contributed by atoms with E-state index in [9.17, 15) is 0 Å². The van der Waals surface area contributed by atoms with Gasteiger partial charge in [0.05, 0.1) is 29.1 Å². The first kappa shape index (κ1) is 24.8. The number of para-hydroxylation sites is 3. The predicted octanol–water partition coefficient (Wildman–Crippen LogP) is 9.35. The van der Waals surface area contributed by atoms with Crippen LogP contribution in [-0.2, 0) is 0 Å². The molecule has 0 atom stereocenters. The Bertz CT molecular complexity index is 1880. The van der Waals surface area contributed by atoms with Crippen LogP contribution < -0.4 is 9.80 Å². The molecule has 1 aliphatic rings. The van der Waals surface area contributed by atoms with Gasteiger partial charge >= 0.3 is 0 Å². The van der Waals surface area contributed by atoms with Crippen LogP contribution in [0, 0.1) is 6.92 Å². The highest BCUT2D eigenvalue weighted by Gasteiger charge is 2.33. The van der Waals surface area contributed by atoms with Gasteiger partial charge in [0.1, 0.15) is 5.82 Å². The van der Waals surface area contributed by atoms with Gasteiger partial charge in [-0.15, -0.1) is 0 Å². The number of hydrogen-bond donors (Lipinski definition) is 0. The Labute approximate surface area is 239 Å². The summed E-state index contributed by atoms with van der Waals surface area (Å²) in [5.74, 6) is 0.950. The number of pyridine rings is 1. The normalized spacial score (nSPS) is 13.4. The average molecular weight is 541 g/mol. The third-order valence-corrected chi connectivity index (χ3v) is 8.68. The van der Waals surface area contributed by atoms with Crippen molar-refractivity contribution in [1.29, 1.82) is 0 Å². The van der Waals surface area contributed by atoms with Crippen LogP contribution in [0.1, 0.15) is 26.3 Å². The average Bonchev–Trinajstić information content (AvgIpc) is 3.50. The van der Waals surface area contributed by atoms with Crippen LogP contribution in [0.2, 0.25) is 0 Å². The summed E-state index contributed by atoms with van der Waals surface area (Å²) >= 11 is 1.81. The van der Waals surface area contributed by atoms with E-state index in [1.807, 2.05) is 12.3 Å². The topological polar surface area (TPSA) is 24.3 Å². The molecule has 0 spiro atoms. The van der Waals surface area contributed by atoms with Crippen LogP contribution in [0.15, 0.2) is 119 Å². The lowest BCUT2D eigenvalue weighted by Crippen LogP contribution is -2.42. The minimum absolute atomic E-state index is 0.0389. The third kappa shape index (κ3) is 4.22. The van der Waals surface area contributed by atoms with Crippen molar-refractivity contribution in [1.82, 2.24) is 9.55 Å². The minimum Gasteiger partial charge on any atom is -0.347 e. The van der Waals surface area contributed by atoms with Crippen LogP contribution in [0.5, 0.6) is 0 Å². The molecule has 198 valence electrons. The Kier molecular flexibility index (Phi) is 5.86. The summed E-state index contributed by atoms with van der Waals surface area (Å²) in [5.41, 5.74) is 7.35. The summed E-state index contributed by atoms with van der Waals surface area (Å²) in [6.07, 6.45) is 1.90. The summed E-state index contributed by atoms with van der Waals surface area (Å²) in [7, 11) is 0. The van der Waals surface area contributed by atoms with Crippen LogP contribution in [-0.4, -0.2) is 21.8 Å². The van der Waals surface area contributed by atoms with Gasteiger partial charge in [-0.1, -0.05) is 54.2 Å². The molecule has 0 unspecified atom stereocenters. The first-order valence-electron chi connectivity index (χ1n) is 13.8. The highest BCUT2D eigenvalue weighted by Crippen LogP contribution is 2.44. The third-order valence-electron chi connectivity index (χ3n) is 7.70. The van der Waals surface area contributed by atoms with Crippen LogP contribution in [0.3, 0.4) is 0 Å². The van der Waals surface area contributed by atoms with E-state index in [2.05, 4.69) is 139 Å². The van der Waals surface area contributed by atoms with Crippen LogP contribution in [0.25, 0.3) is 27.6 Å². The second-order valence-electron chi connectivity index (χ2n) is 11.5. The molecule has 40 heavy (non-hydrogen) atoms. The van der Waals surface area contributed by atoms with Crippen molar-refractivity contribution in [3.8, 4) is 5.82 Å². The molecule has 0 amide bonds. The lowest BCUT2D eigenvalue weighted by molar-refractivity contribution is 0.518. The lowest BCUT2D eigenvalue weighted by Gasteiger charge is -2.34. The maximum Gasteiger partial charge on any atom is 0.137 e. The SMILES string of the molecule is Cc1ccnc(-n2c3ccccc3c3ccc(Sc4cccc(N5CN(C(C)(C)C)c6ccccc65)c4)cc32)c1. The van der Waals surface area contributed by atoms with Crippen molar-refractivity contribution in [2.75, 3.05) is 16.5 Å². The van der Waals surface area contributed by atoms with E-state index in [1.165, 1.54) is 54.2 Å². The van der Waals surface area contributed by atoms with E-state index >= 15 is 0 Å². The molecule has 4 nitrogen and oxygen atoms in total. The van der Waals surface area contributed by atoms with Crippen molar-refractivity contribution in [3.05, 3.63) is 115 Å². The highest BCUT2D eigenvalue weighted by molar-refractivity contribution is 7.99. The first-order valence-corrected chi connectivity index (χ1v) is 14.6. The molecular formula is C35H32N4S. The zero-order chi connectivity index (χ0) is 27.4. The number of nitrogens with zero attached hydrogens (tertiary/aromatic N) is 4. The largest absolute Gasteiger partial charge is 0.347 e. The van der Waals surface area contributed by atoms with Gasteiger partial charge in [0, 0.05) is 38.0 Å². The van der Waals surface area contributed by atoms with E-state index in [0.29, 0.717) is 0 Å². The van der Waals surface area contributed by atoms with Gasteiger partial charge in [-0.2, -0.15) is 0 Å². The number of rotatable bonds is 4. The molecule has 0 N–H and O–H groups in total. The maximum atomic E-state index is 4.74. The zero-order valence-electron chi connectivity index (χ0n) is 23.3. The van der Waals surface area contributed by atoms with Crippen molar-refractivity contribution in [2.24, 2.45) is 0 Å². The lowest BCUT2D eigenvalue weighted by atomic mass is 10.1. The Balaban J connectivity index is 1.27. The van der Waals surface area contributed by atoms with Gasteiger partial charge in [0.25, 0.3) is 0 Å². The molecule has 0 aliphatic carbocycles. The van der Waals surface area contributed by atoms with Gasteiger partial charge in [-0.3, -0.25) is 4.57 Å². The van der Waals surface area contributed by atoms with Gasteiger partial charge in [-0.25, -0.2) is 4.98 Å². The number of anilines is 3. The molecule has 0 saturated carbocycles. The molecule has 5 heteroatoms. The summed E-state index contributed by atoms with van der Waals surface area (Å²) < 4.78 is 2.29. The Morgan fingerprint density at radius 1 is 0.700 bits per heavy atom. The van der Waals surface area contributed by atoms with E-state index in [1.54, 1.807) is 11.8 Å². The Morgan fingerprint density at radius 2 is 1.45 bits per heavy atom. The number of aryl methyl sites for hydroxylation is 1. The molecular weight excluding hydrogens is 508 g/mol. The first-order chi connectivity index (χ1) is 19.4. The molecule has 0 fully saturated rings. The fourth-order valence-corrected chi connectivity index (χ4v) is 6.67. The smallest absolute Gasteiger partial charge is 0.137 e. The van der Waals surface area contributed by atoms with Crippen molar-refractivity contribution >= 4 is 50.6 Å². The molecule has 0 bridgehead atoms. The molecule has 1 aliphatic heterocycles. The van der Waals surface area contributed by atoms with E-state index < -0.39 is 0 Å². The quantitative estimate of drug-likeness (QED) is 0.222. The number of benzene rings is 4. The van der Waals surface area contributed by atoms with Crippen molar-refractivity contribution in [2.45, 2.75) is 43.0 Å². The highest BCUT2D eigenvalue weighted by atomic mass is 32.2. The van der Waals surface area contributed by atoms with Gasteiger partial charge < -0.3 is 9.80 Å². The van der Waals surface area contributed by atoms with Gasteiger partial charge in [0.2, 0.25) is 0 Å². The number of hydrogen-bond acceptors (Lipinski definition) is 4. The van der Waals surface area contributed by atoms with Crippen molar-refractivity contribution in [3.63, 3.8) is 0 Å². The van der Waals surface area contributed by atoms with Gasteiger partial charge in [0.15, 0.2) is 0 Å². The molecule has 7 rings (SSSR count). The second-order valence-corrected chi connectivity index (χ2v) is 12.6. The van der Waals surface area contributed by atoms with Gasteiger partial charge in [-0.05, 0) is 93.9 Å². The van der Waals surface area contributed by atoms with E-state index in [0.717, 1.165) is 12.5 Å². The number of fused-ring (bicyclic) bond motifs is 4. The second kappa shape index (κ2) is 9.46. The zero-order valence-corrected chi connectivity index (χ0v) is 24.1. The standard InChI is InChI=1S/C35H32N4S/c1-24-18-19-36-34(20-24)39-30-13-6-5-12-28(30)29-17-16-27(22-33(29)39)40-26-11-9-10-25(21-26)37-23-38(35(2,3)4)32-15-8-7-14-31(32)37/h5-22H,23H2,1-4H3. The fraction of sp³-hybridized carbons (Fsp3) is 0.171. The van der Waals surface area contributed by atoms with Crippen LogP contribution in [0.4, 0.5) is 17.1 Å².